The molecule has 0 saturated heterocycles. The largest absolute Gasteiger partial charge is 0.452 e. The summed E-state index contributed by atoms with van der Waals surface area (Å²) >= 11 is 0. The van der Waals surface area contributed by atoms with Crippen molar-refractivity contribution < 1.29 is 22.7 Å². The fourth-order valence-corrected chi connectivity index (χ4v) is 1.88. The fraction of sp³-hybridized carbons (Fsp3) is 0.231. The first-order valence-corrected chi connectivity index (χ1v) is 7.41. The summed E-state index contributed by atoms with van der Waals surface area (Å²) in [7, 11) is -3.32. The van der Waals surface area contributed by atoms with Gasteiger partial charge in [0.2, 0.25) is 0 Å². The molecular formula is C13H13NO5S. The molecule has 0 aromatic heterocycles. The van der Waals surface area contributed by atoms with Gasteiger partial charge in [0, 0.05) is 6.26 Å². The maximum absolute atomic E-state index is 11.6. The first-order valence-electron chi connectivity index (χ1n) is 5.52. The number of ether oxygens (including phenoxy) is 1. The zero-order valence-electron chi connectivity index (χ0n) is 10.8. The third-order valence-corrected chi connectivity index (χ3v) is 3.37. The van der Waals surface area contributed by atoms with E-state index >= 15 is 0 Å². The highest BCUT2D eigenvalue weighted by Crippen LogP contribution is 2.11. The highest BCUT2D eigenvalue weighted by Gasteiger charge is 2.12. The highest BCUT2D eigenvalue weighted by molar-refractivity contribution is 7.90. The van der Waals surface area contributed by atoms with Crippen LogP contribution >= 0.6 is 0 Å². The van der Waals surface area contributed by atoms with Gasteiger partial charge in [-0.25, -0.2) is 13.2 Å². The average Bonchev–Trinajstić information content (AvgIpc) is 2.41. The van der Waals surface area contributed by atoms with E-state index in [0.717, 1.165) is 6.26 Å². The molecule has 6 nitrogen and oxygen atoms in total. The van der Waals surface area contributed by atoms with Crippen molar-refractivity contribution in [1.29, 1.82) is 0 Å². The van der Waals surface area contributed by atoms with Crippen LogP contribution in [0.2, 0.25) is 0 Å². The van der Waals surface area contributed by atoms with Gasteiger partial charge in [0.05, 0.1) is 17.0 Å². The first kappa shape index (κ1) is 15.7. The highest BCUT2D eigenvalue weighted by atomic mass is 32.2. The van der Waals surface area contributed by atoms with Crippen molar-refractivity contribution >= 4 is 21.7 Å². The predicted molar refractivity (Wildman–Crippen MR) is 71.7 cm³/mol. The van der Waals surface area contributed by atoms with Crippen molar-refractivity contribution in [2.45, 2.75) is 4.90 Å². The monoisotopic (exact) mass is 295 g/mol. The van der Waals surface area contributed by atoms with Crippen molar-refractivity contribution in [2.75, 3.05) is 19.4 Å². The molecule has 0 aliphatic rings. The van der Waals surface area contributed by atoms with Crippen LogP contribution in [0.5, 0.6) is 0 Å². The summed E-state index contributed by atoms with van der Waals surface area (Å²) in [6.07, 6.45) is 6.02. The van der Waals surface area contributed by atoms with Crippen molar-refractivity contribution in [2.24, 2.45) is 0 Å². The standard InChI is InChI=1S/C13H13NO5S/c1-3-8-14-12(15)9-19-13(16)10-4-6-11(7-5-10)20(2,17)18/h1,4-7H,8-9H2,2H3,(H,14,15). The minimum atomic E-state index is -3.32. The van der Waals surface area contributed by atoms with Crippen LogP contribution in [0.4, 0.5) is 0 Å². The number of nitrogens with one attached hydrogen (secondary N) is 1. The van der Waals surface area contributed by atoms with Gasteiger partial charge < -0.3 is 10.1 Å². The van der Waals surface area contributed by atoms with Crippen LogP contribution in [0.25, 0.3) is 0 Å². The van der Waals surface area contributed by atoms with E-state index in [9.17, 15) is 18.0 Å². The number of amides is 1. The quantitative estimate of drug-likeness (QED) is 0.610. The molecule has 0 bridgehead atoms. The zero-order chi connectivity index (χ0) is 15.2. The Balaban J connectivity index is 2.61. The molecule has 0 aliphatic heterocycles. The van der Waals surface area contributed by atoms with Gasteiger partial charge in [-0.2, -0.15) is 0 Å². The van der Waals surface area contributed by atoms with Crippen molar-refractivity contribution in [3.05, 3.63) is 29.8 Å². The molecule has 20 heavy (non-hydrogen) atoms. The summed E-state index contributed by atoms with van der Waals surface area (Å²) in [6, 6.07) is 5.23. The Morgan fingerprint density at radius 2 is 1.90 bits per heavy atom. The van der Waals surface area contributed by atoms with Crippen LogP contribution in [0.15, 0.2) is 29.2 Å². The van der Waals surface area contributed by atoms with Crippen LogP contribution in [0.1, 0.15) is 10.4 Å². The SMILES string of the molecule is C#CCNC(=O)COC(=O)c1ccc(S(C)(=O)=O)cc1. The lowest BCUT2D eigenvalue weighted by atomic mass is 10.2. The lowest BCUT2D eigenvalue weighted by molar-refractivity contribution is -0.123. The summed E-state index contributed by atoms with van der Waals surface area (Å²) in [5, 5.41) is 2.34. The molecule has 1 N–H and O–H groups in total. The number of carbonyl (C=O) groups excluding carboxylic acids is 2. The lowest BCUT2D eigenvalue weighted by Gasteiger charge is -2.05. The number of sulfone groups is 1. The maximum atomic E-state index is 11.6. The van der Waals surface area contributed by atoms with E-state index in [4.69, 9.17) is 11.2 Å². The van der Waals surface area contributed by atoms with Gasteiger partial charge in [-0.3, -0.25) is 4.79 Å². The summed E-state index contributed by atoms with van der Waals surface area (Å²) < 4.78 is 27.2. The molecule has 0 heterocycles. The molecule has 7 heteroatoms. The number of hydrogen-bond acceptors (Lipinski definition) is 5. The second kappa shape index (κ2) is 6.73. The second-order valence-corrected chi connectivity index (χ2v) is 5.87. The first-order chi connectivity index (χ1) is 9.34. The topological polar surface area (TPSA) is 89.5 Å². The molecule has 0 fully saturated rings. The van der Waals surface area contributed by atoms with E-state index in [-0.39, 0.29) is 17.0 Å². The molecule has 0 atom stereocenters. The van der Waals surface area contributed by atoms with E-state index in [2.05, 4.69) is 11.2 Å². The molecule has 0 saturated carbocycles. The normalized spacial score (nSPS) is 10.4. The minimum absolute atomic E-state index is 0.0550. The van der Waals surface area contributed by atoms with Crippen LogP contribution in [-0.2, 0) is 19.4 Å². The van der Waals surface area contributed by atoms with Gasteiger partial charge in [0.1, 0.15) is 0 Å². The molecule has 0 spiro atoms. The Morgan fingerprint density at radius 3 is 2.40 bits per heavy atom. The number of rotatable bonds is 5. The third kappa shape index (κ3) is 4.74. The van der Waals surface area contributed by atoms with Crippen molar-refractivity contribution in [3.63, 3.8) is 0 Å². The molecule has 1 aromatic carbocycles. The van der Waals surface area contributed by atoms with Gasteiger partial charge in [0.25, 0.3) is 5.91 Å². The summed E-state index contributed by atoms with van der Waals surface area (Å²) in [6.45, 7) is -0.395. The predicted octanol–water partition coefficient (Wildman–Crippen LogP) is -0.00370. The third-order valence-electron chi connectivity index (χ3n) is 2.24. The van der Waals surface area contributed by atoms with E-state index in [1.807, 2.05) is 0 Å². The van der Waals surface area contributed by atoms with Gasteiger partial charge in [-0.1, -0.05) is 5.92 Å². The molecule has 106 valence electrons. The second-order valence-electron chi connectivity index (χ2n) is 3.85. The Kier molecular flexibility index (Phi) is 5.29. The Hall–Kier alpha value is -2.33. The Morgan fingerprint density at radius 1 is 1.30 bits per heavy atom. The van der Waals surface area contributed by atoms with Crippen LogP contribution in [0.3, 0.4) is 0 Å². The number of esters is 1. The van der Waals surface area contributed by atoms with E-state index in [0.29, 0.717) is 0 Å². The fourth-order valence-electron chi connectivity index (χ4n) is 1.25. The number of benzene rings is 1. The number of terminal acetylenes is 1. The molecular weight excluding hydrogens is 282 g/mol. The van der Waals surface area contributed by atoms with Crippen LogP contribution < -0.4 is 5.32 Å². The zero-order valence-corrected chi connectivity index (χ0v) is 11.6. The van der Waals surface area contributed by atoms with Gasteiger partial charge in [-0.05, 0) is 24.3 Å². The molecule has 1 rings (SSSR count). The molecule has 1 amide bonds. The van der Waals surface area contributed by atoms with Gasteiger partial charge >= 0.3 is 5.97 Å². The van der Waals surface area contributed by atoms with Gasteiger partial charge in [-0.15, -0.1) is 6.42 Å². The van der Waals surface area contributed by atoms with Crippen molar-refractivity contribution in [1.82, 2.24) is 5.32 Å². The van der Waals surface area contributed by atoms with Crippen LogP contribution in [-0.4, -0.2) is 39.7 Å². The summed E-state index contributed by atoms with van der Waals surface area (Å²) in [5.74, 6) is 0.977. The molecule has 0 radical (unpaired) electrons. The lowest BCUT2D eigenvalue weighted by Crippen LogP contribution is -2.28. The van der Waals surface area contributed by atoms with E-state index < -0.39 is 28.3 Å². The van der Waals surface area contributed by atoms with Gasteiger partial charge in [0.15, 0.2) is 16.4 Å². The molecule has 0 aliphatic carbocycles. The minimum Gasteiger partial charge on any atom is -0.452 e. The van der Waals surface area contributed by atoms with E-state index in [1.54, 1.807) is 0 Å². The van der Waals surface area contributed by atoms with Crippen molar-refractivity contribution in [3.8, 4) is 12.3 Å². The van der Waals surface area contributed by atoms with Crippen LogP contribution in [0, 0.1) is 12.3 Å². The summed E-state index contributed by atoms with van der Waals surface area (Å²) in [4.78, 5) is 22.8. The molecule has 0 unspecified atom stereocenters. The Labute approximate surface area is 117 Å². The maximum Gasteiger partial charge on any atom is 0.338 e. The molecule has 1 aromatic rings. The number of carbonyl (C=O) groups is 2. The van der Waals surface area contributed by atoms with E-state index in [1.165, 1.54) is 24.3 Å². The average molecular weight is 295 g/mol. The smallest absolute Gasteiger partial charge is 0.338 e. The Bertz CT molecular complexity index is 640. The summed E-state index contributed by atoms with van der Waals surface area (Å²) in [5.41, 5.74) is 0.155. The number of hydrogen-bond donors (Lipinski definition) is 1.